The lowest BCUT2D eigenvalue weighted by Gasteiger charge is -2.22. The standard InChI is InChI=1S/C15H20N4O4S/c1-10-16-15(18-17-10)14-8-12(23-3)9-19(14)24(20,21)13-6-4-5-11(7-13)22-2/h4-7,12,14H,8-9H2,1-3H3,(H,16,17,18)/t12-,14-/m0/s1. The van der Waals surface area contributed by atoms with Crippen molar-refractivity contribution >= 4 is 10.0 Å². The van der Waals surface area contributed by atoms with E-state index in [0.717, 1.165) is 0 Å². The number of hydrogen-bond donors (Lipinski definition) is 1. The number of ether oxygens (including phenoxy) is 2. The Kier molecular flexibility index (Phi) is 4.57. The molecule has 1 N–H and O–H groups in total. The summed E-state index contributed by atoms with van der Waals surface area (Å²) >= 11 is 0. The van der Waals surface area contributed by atoms with E-state index in [9.17, 15) is 8.42 Å². The molecule has 0 aliphatic carbocycles. The quantitative estimate of drug-likeness (QED) is 0.870. The number of methoxy groups -OCH3 is 2. The molecule has 2 heterocycles. The largest absolute Gasteiger partial charge is 0.497 e. The fourth-order valence-electron chi connectivity index (χ4n) is 2.85. The van der Waals surface area contributed by atoms with E-state index in [4.69, 9.17) is 9.47 Å². The van der Waals surface area contributed by atoms with Gasteiger partial charge < -0.3 is 9.47 Å². The van der Waals surface area contributed by atoms with Gasteiger partial charge in [-0.3, -0.25) is 5.10 Å². The number of hydrogen-bond acceptors (Lipinski definition) is 6. The Morgan fingerprint density at radius 1 is 1.33 bits per heavy atom. The molecule has 24 heavy (non-hydrogen) atoms. The number of aromatic nitrogens is 3. The van der Waals surface area contributed by atoms with E-state index in [0.29, 0.717) is 23.8 Å². The highest BCUT2D eigenvalue weighted by molar-refractivity contribution is 7.89. The molecular formula is C15H20N4O4S. The zero-order valence-corrected chi connectivity index (χ0v) is 14.6. The molecule has 0 bridgehead atoms. The summed E-state index contributed by atoms with van der Waals surface area (Å²) in [7, 11) is -0.645. The summed E-state index contributed by atoms with van der Waals surface area (Å²) in [6.07, 6.45) is 0.311. The zero-order valence-electron chi connectivity index (χ0n) is 13.8. The van der Waals surface area contributed by atoms with Gasteiger partial charge in [0.15, 0.2) is 5.82 Å². The van der Waals surface area contributed by atoms with Crippen LogP contribution < -0.4 is 4.74 Å². The van der Waals surface area contributed by atoms with Crippen molar-refractivity contribution in [2.45, 2.75) is 30.4 Å². The van der Waals surface area contributed by atoms with E-state index in [1.54, 1.807) is 32.2 Å². The van der Waals surface area contributed by atoms with Crippen LogP contribution in [-0.4, -0.2) is 54.8 Å². The average Bonchev–Trinajstić information content (AvgIpc) is 3.21. The molecule has 2 aromatic rings. The van der Waals surface area contributed by atoms with Crippen LogP contribution in [-0.2, 0) is 14.8 Å². The third-order valence-electron chi connectivity index (χ3n) is 4.11. The van der Waals surface area contributed by atoms with Gasteiger partial charge in [-0.1, -0.05) is 6.07 Å². The number of aryl methyl sites for hydroxylation is 1. The van der Waals surface area contributed by atoms with Crippen molar-refractivity contribution in [1.82, 2.24) is 19.5 Å². The molecule has 0 radical (unpaired) electrons. The molecule has 8 nitrogen and oxygen atoms in total. The van der Waals surface area contributed by atoms with Crippen LogP contribution in [0.25, 0.3) is 0 Å². The second-order valence-corrected chi connectivity index (χ2v) is 7.53. The molecule has 1 aromatic carbocycles. The Morgan fingerprint density at radius 2 is 2.12 bits per heavy atom. The Labute approximate surface area is 140 Å². The van der Waals surface area contributed by atoms with Gasteiger partial charge in [-0.05, 0) is 25.5 Å². The number of benzene rings is 1. The summed E-state index contributed by atoms with van der Waals surface area (Å²) in [4.78, 5) is 4.48. The molecule has 0 spiro atoms. The predicted molar refractivity (Wildman–Crippen MR) is 86.2 cm³/mol. The Balaban J connectivity index is 2.00. The summed E-state index contributed by atoms with van der Waals surface area (Å²) in [6, 6.07) is 5.96. The van der Waals surface area contributed by atoms with E-state index < -0.39 is 16.1 Å². The lowest BCUT2D eigenvalue weighted by molar-refractivity contribution is 0.114. The van der Waals surface area contributed by atoms with Gasteiger partial charge in [-0.15, -0.1) is 0 Å². The highest BCUT2D eigenvalue weighted by atomic mass is 32.2. The third kappa shape index (κ3) is 3.02. The topological polar surface area (TPSA) is 97.4 Å². The van der Waals surface area contributed by atoms with Crippen molar-refractivity contribution in [2.75, 3.05) is 20.8 Å². The minimum Gasteiger partial charge on any atom is -0.497 e. The minimum atomic E-state index is -3.72. The number of sulfonamides is 1. The van der Waals surface area contributed by atoms with E-state index in [2.05, 4.69) is 15.2 Å². The van der Waals surface area contributed by atoms with Gasteiger partial charge in [-0.2, -0.15) is 9.40 Å². The van der Waals surface area contributed by atoms with Gasteiger partial charge in [0.05, 0.1) is 24.2 Å². The van der Waals surface area contributed by atoms with Crippen LogP contribution in [0, 0.1) is 6.92 Å². The number of rotatable bonds is 5. The Morgan fingerprint density at radius 3 is 2.75 bits per heavy atom. The zero-order chi connectivity index (χ0) is 17.3. The van der Waals surface area contributed by atoms with Crippen LogP contribution in [0.5, 0.6) is 5.75 Å². The maximum absolute atomic E-state index is 13.1. The Hall–Kier alpha value is -1.97. The SMILES string of the molecule is COc1cccc(S(=O)(=O)N2C[C@@H](OC)C[C@H]2c2n[nH]c(C)n2)c1. The summed E-state index contributed by atoms with van der Waals surface area (Å²) in [5, 5.41) is 6.90. The molecule has 0 amide bonds. The first-order valence-electron chi connectivity index (χ1n) is 7.53. The average molecular weight is 352 g/mol. The van der Waals surface area contributed by atoms with Gasteiger partial charge in [0, 0.05) is 19.7 Å². The molecule has 0 saturated carbocycles. The Bertz CT molecular complexity index is 820. The molecule has 9 heteroatoms. The minimum absolute atomic E-state index is 0.177. The summed E-state index contributed by atoms with van der Waals surface area (Å²) in [5.74, 6) is 1.59. The highest BCUT2D eigenvalue weighted by Gasteiger charge is 2.43. The van der Waals surface area contributed by atoms with Crippen molar-refractivity contribution in [1.29, 1.82) is 0 Å². The normalized spacial score (nSPS) is 22.0. The molecule has 1 aliphatic rings. The second-order valence-electron chi connectivity index (χ2n) is 5.64. The lowest BCUT2D eigenvalue weighted by Crippen LogP contribution is -2.32. The summed E-state index contributed by atoms with van der Waals surface area (Å²) in [5.41, 5.74) is 0. The molecular weight excluding hydrogens is 332 g/mol. The van der Waals surface area contributed by atoms with Crippen LogP contribution in [0.4, 0.5) is 0 Å². The molecule has 1 fully saturated rings. The van der Waals surface area contributed by atoms with Crippen LogP contribution in [0.1, 0.15) is 24.1 Å². The first kappa shape index (κ1) is 16.9. The summed E-state index contributed by atoms with van der Waals surface area (Å²) < 4.78 is 38.1. The van der Waals surface area contributed by atoms with Crippen molar-refractivity contribution in [3.63, 3.8) is 0 Å². The molecule has 1 aromatic heterocycles. The molecule has 130 valence electrons. The van der Waals surface area contributed by atoms with Gasteiger partial charge >= 0.3 is 0 Å². The molecule has 0 unspecified atom stereocenters. The van der Waals surface area contributed by atoms with Crippen molar-refractivity contribution < 1.29 is 17.9 Å². The second kappa shape index (κ2) is 6.50. The molecule has 3 rings (SSSR count). The number of nitrogens with zero attached hydrogens (tertiary/aromatic N) is 3. The van der Waals surface area contributed by atoms with E-state index >= 15 is 0 Å². The fraction of sp³-hybridized carbons (Fsp3) is 0.467. The van der Waals surface area contributed by atoms with Gasteiger partial charge in [-0.25, -0.2) is 13.4 Å². The first-order chi connectivity index (χ1) is 11.5. The van der Waals surface area contributed by atoms with Gasteiger partial charge in [0.25, 0.3) is 0 Å². The van der Waals surface area contributed by atoms with Crippen LogP contribution in [0.15, 0.2) is 29.2 Å². The first-order valence-corrected chi connectivity index (χ1v) is 8.97. The maximum Gasteiger partial charge on any atom is 0.243 e. The molecule has 2 atom stereocenters. The van der Waals surface area contributed by atoms with E-state index in [1.807, 2.05) is 0 Å². The van der Waals surface area contributed by atoms with Crippen molar-refractivity contribution in [3.05, 3.63) is 35.9 Å². The number of H-pyrrole nitrogens is 1. The van der Waals surface area contributed by atoms with E-state index in [1.165, 1.54) is 17.5 Å². The molecule has 1 aliphatic heterocycles. The predicted octanol–water partition coefficient (Wildman–Crippen LogP) is 1.27. The number of nitrogens with one attached hydrogen (secondary N) is 1. The molecule has 1 saturated heterocycles. The fourth-order valence-corrected chi connectivity index (χ4v) is 4.51. The monoisotopic (exact) mass is 352 g/mol. The third-order valence-corrected chi connectivity index (χ3v) is 5.98. The van der Waals surface area contributed by atoms with Crippen molar-refractivity contribution in [2.24, 2.45) is 0 Å². The maximum atomic E-state index is 13.1. The van der Waals surface area contributed by atoms with Crippen molar-refractivity contribution in [3.8, 4) is 5.75 Å². The van der Waals surface area contributed by atoms with Crippen LogP contribution in [0.2, 0.25) is 0 Å². The number of aromatic amines is 1. The smallest absolute Gasteiger partial charge is 0.243 e. The highest BCUT2D eigenvalue weighted by Crippen LogP contribution is 2.36. The van der Waals surface area contributed by atoms with E-state index in [-0.39, 0.29) is 17.5 Å². The summed E-state index contributed by atoms with van der Waals surface area (Å²) in [6.45, 7) is 2.04. The lowest BCUT2D eigenvalue weighted by atomic mass is 10.2. The van der Waals surface area contributed by atoms with Gasteiger partial charge in [0.1, 0.15) is 11.6 Å². The van der Waals surface area contributed by atoms with Crippen LogP contribution in [0.3, 0.4) is 0 Å². The van der Waals surface area contributed by atoms with Gasteiger partial charge in [0.2, 0.25) is 10.0 Å². The van der Waals surface area contributed by atoms with Crippen LogP contribution >= 0.6 is 0 Å².